The maximum absolute atomic E-state index is 13.2. The van der Waals surface area contributed by atoms with Gasteiger partial charge in [-0.15, -0.1) is 0 Å². The molecule has 0 bridgehead atoms. The quantitative estimate of drug-likeness (QED) is 0.640. The summed E-state index contributed by atoms with van der Waals surface area (Å²) in [5.41, 5.74) is 8.13. The number of benzene rings is 2. The molecule has 0 spiro atoms. The number of nitrogens with two attached hydrogens (primary N) is 2. The first-order valence-corrected chi connectivity index (χ1v) is 9.09. The van der Waals surface area contributed by atoms with Crippen LogP contribution in [0.15, 0.2) is 66.9 Å². The van der Waals surface area contributed by atoms with Crippen molar-refractivity contribution < 1.29 is 27.5 Å². The third-order valence-corrected chi connectivity index (χ3v) is 4.64. The monoisotopic (exact) mass is 452 g/mol. The van der Waals surface area contributed by atoms with E-state index < -0.39 is 34.4 Å². The lowest BCUT2D eigenvalue weighted by atomic mass is 10.1. The van der Waals surface area contributed by atoms with Crippen LogP contribution in [0.4, 0.5) is 29.3 Å². The molecule has 7 nitrogen and oxygen atoms in total. The molecule has 31 heavy (non-hydrogen) atoms. The molecule has 11 heteroatoms. The summed E-state index contributed by atoms with van der Waals surface area (Å²) in [5.74, 6) is -0.594. The molecule has 0 fully saturated rings. The smallest absolute Gasteiger partial charge is 0.417 e. The fourth-order valence-electron chi connectivity index (χ4n) is 2.86. The Balaban J connectivity index is 1.92. The molecule has 1 unspecified atom stereocenters. The summed E-state index contributed by atoms with van der Waals surface area (Å²) in [6.45, 7) is 0. The number of amides is 3. The summed E-state index contributed by atoms with van der Waals surface area (Å²) in [6.07, 6.45) is 1.40. The highest BCUT2D eigenvalue weighted by Gasteiger charge is 2.37. The van der Waals surface area contributed by atoms with E-state index in [0.29, 0.717) is 0 Å². The van der Waals surface area contributed by atoms with Crippen LogP contribution in [-0.4, -0.2) is 17.7 Å². The van der Waals surface area contributed by atoms with Gasteiger partial charge >= 0.3 is 12.2 Å². The van der Waals surface area contributed by atoms with E-state index in [1.807, 2.05) is 0 Å². The van der Waals surface area contributed by atoms with E-state index in [1.54, 1.807) is 12.2 Å². The van der Waals surface area contributed by atoms with Gasteiger partial charge in [-0.2, -0.15) is 13.2 Å². The van der Waals surface area contributed by atoms with E-state index in [0.717, 1.165) is 17.0 Å². The zero-order valence-electron chi connectivity index (χ0n) is 15.7. The van der Waals surface area contributed by atoms with Crippen LogP contribution in [0.5, 0.6) is 5.75 Å². The van der Waals surface area contributed by atoms with Crippen molar-refractivity contribution in [3.8, 4) is 5.75 Å². The molecule has 2 aromatic carbocycles. The number of nitrogens with one attached hydrogen (secondary N) is 1. The molecule has 0 saturated carbocycles. The summed E-state index contributed by atoms with van der Waals surface area (Å²) in [4.78, 5) is 24.7. The molecule has 1 aliphatic heterocycles. The van der Waals surface area contributed by atoms with Gasteiger partial charge in [0.05, 0.1) is 22.0 Å². The van der Waals surface area contributed by atoms with Gasteiger partial charge in [-0.1, -0.05) is 17.7 Å². The first-order chi connectivity index (χ1) is 14.5. The number of carbonyl (C=O) groups is 2. The summed E-state index contributed by atoms with van der Waals surface area (Å²) < 4.78 is 45.2. The van der Waals surface area contributed by atoms with Crippen LogP contribution in [0.3, 0.4) is 0 Å². The number of dihydropyridines is 1. The Morgan fingerprint density at radius 2 is 1.68 bits per heavy atom. The van der Waals surface area contributed by atoms with Gasteiger partial charge < -0.3 is 21.5 Å². The van der Waals surface area contributed by atoms with E-state index in [-0.39, 0.29) is 17.1 Å². The lowest BCUT2D eigenvalue weighted by molar-refractivity contribution is -0.137. The largest absolute Gasteiger partial charge is 0.455 e. The Bertz CT molecular complexity index is 1070. The second-order valence-corrected chi connectivity index (χ2v) is 6.80. The van der Waals surface area contributed by atoms with Crippen molar-refractivity contribution in [1.29, 1.82) is 0 Å². The van der Waals surface area contributed by atoms with Crippen molar-refractivity contribution in [3.05, 3.63) is 77.5 Å². The molecule has 0 aliphatic carbocycles. The zero-order chi connectivity index (χ0) is 22.8. The van der Waals surface area contributed by atoms with Gasteiger partial charge in [-0.3, -0.25) is 9.69 Å². The minimum atomic E-state index is -4.72. The predicted octanol–water partition coefficient (Wildman–Crippen LogP) is 3.81. The Kier molecular flexibility index (Phi) is 5.85. The number of anilines is 2. The van der Waals surface area contributed by atoms with Gasteiger partial charge in [0.2, 0.25) is 0 Å². The highest BCUT2D eigenvalue weighted by atomic mass is 35.5. The fraction of sp³-hybridized carbons (Fsp3) is 0.100. The van der Waals surface area contributed by atoms with Crippen LogP contribution in [0.2, 0.25) is 5.02 Å². The number of primary amides is 2. The fourth-order valence-corrected chi connectivity index (χ4v) is 3.08. The summed E-state index contributed by atoms with van der Waals surface area (Å²) in [6, 6.07) is 7.56. The van der Waals surface area contributed by atoms with Gasteiger partial charge in [0.15, 0.2) is 0 Å². The van der Waals surface area contributed by atoms with Crippen molar-refractivity contribution in [2.75, 3.05) is 4.90 Å². The van der Waals surface area contributed by atoms with Crippen molar-refractivity contribution in [1.82, 2.24) is 5.32 Å². The Morgan fingerprint density at radius 1 is 1.03 bits per heavy atom. The first kappa shape index (κ1) is 22.0. The van der Waals surface area contributed by atoms with Crippen LogP contribution in [0, 0.1) is 0 Å². The number of carbonyl (C=O) groups excluding carboxylic acids is 2. The maximum Gasteiger partial charge on any atom is 0.417 e. The third kappa shape index (κ3) is 4.58. The van der Waals surface area contributed by atoms with Crippen LogP contribution >= 0.6 is 11.6 Å². The van der Waals surface area contributed by atoms with Gasteiger partial charge in [0, 0.05) is 6.20 Å². The highest BCUT2D eigenvalue weighted by Crippen LogP contribution is 2.38. The number of urea groups is 1. The number of hydrogen-bond donors (Lipinski definition) is 3. The van der Waals surface area contributed by atoms with E-state index in [2.05, 4.69) is 5.32 Å². The van der Waals surface area contributed by atoms with Crippen LogP contribution in [-0.2, 0) is 11.0 Å². The number of allylic oxidation sites excluding steroid dienone is 2. The highest BCUT2D eigenvalue weighted by molar-refractivity contribution is 6.31. The minimum Gasteiger partial charge on any atom is -0.455 e. The van der Waals surface area contributed by atoms with Crippen LogP contribution < -0.4 is 26.4 Å². The molecule has 2 aromatic rings. The van der Waals surface area contributed by atoms with Crippen molar-refractivity contribution in [3.63, 3.8) is 0 Å². The van der Waals surface area contributed by atoms with Crippen molar-refractivity contribution >= 4 is 34.9 Å². The molecular weight excluding hydrogens is 437 g/mol. The summed E-state index contributed by atoms with van der Waals surface area (Å²) in [5, 5.41) is 2.21. The number of nitrogens with zero attached hydrogens (tertiary/aromatic N) is 1. The maximum atomic E-state index is 13.2. The Hall–Kier alpha value is -3.66. The van der Waals surface area contributed by atoms with Crippen LogP contribution in [0.25, 0.3) is 0 Å². The second-order valence-electron chi connectivity index (χ2n) is 6.39. The van der Waals surface area contributed by atoms with E-state index >= 15 is 0 Å². The average molecular weight is 453 g/mol. The summed E-state index contributed by atoms with van der Waals surface area (Å²) >= 11 is 5.64. The normalized spacial score (nSPS) is 17.7. The number of hydrogen-bond acceptors (Lipinski definition) is 4. The number of rotatable bonds is 5. The molecular formula is C20H16ClF3N4O3. The lowest BCUT2D eigenvalue weighted by Gasteiger charge is -2.30. The topological polar surface area (TPSA) is 111 Å². The number of halogens is 4. The standard InChI is InChI=1S/C20H16ClF3N4O3/c21-16-8-5-13(11-15(16)20(22,23)24)28(18(26)30)12-3-6-14(7-4-12)31-19(17(25)29)9-1-2-10-27-19/h1-11,27H,(H2,25,29)(H2,26,30). The Labute approximate surface area is 179 Å². The van der Waals surface area contributed by atoms with Crippen LogP contribution in [0.1, 0.15) is 5.56 Å². The summed E-state index contributed by atoms with van der Waals surface area (Å²) in [7, 11) is 0. The van der Waals surface area contributed by atoms with E-state index in [4.69, 9.17) is 27.8 Å². The molecule has 1 atom stereocenters. The third-order valence-electron chi connectivity index (χ3n) is 4.31. The van der Waals surface area contributed by atoms with Crippen molar-refractivity contribution in [2.45, 2.75) is 11.9 Å². The van der Waals surface area contributed by atoms with E-state index in [9.17, 15) is 22.8 Å². The molecule has 3 rings (SSSR count). The van der Waals surface area contributed by atoms with Crippen molar-refractivity contribution in [2.24, 2.45) is 11.5 Å². The molecule has 162 valence electrons. The molecule has 1 heterocycles. The van der Waals surface area contributed by atoms with Gasteiger partial charge in [-0.25, -0.2) is 4.79 Å². The first-order valence-electron chi connectivity index (χ1n) is 8.71. The molecule has 5 N–H and O–H groups in total. The molecule has 0 aromatic heterocycles. The molecule has 0 radical (unpaired) electrons. The predicted molar refractivity (Wildman–Crippen MR) is 109 cm³/mol. The SMILES string of the molecule is NC(=O)N(c1ccc(OC2(C(N)=O)C=CC=CN2)cc1)c1ccc(Cl)c(C(F)(F)F)c1. The molecule has 1 aliphatic rings. The average Bonchev–Trinajstić information content (AvgIpc) is 2.70. The van der Waals surface area contributed by atoms with Gasteiger partial charge in [0.1, 0.15) is 5.75 Å². The molecule has 0 saturated heterocycles. The number of ether oxygens (including phenoxy) is 1. The number of alkyl halides is 3. The zero-order valence-corrected chi connectivity index (χ0v) is 16.4. The molecule has 3 amide bonds. The minimum absolute atomic E-state index is 0.131. The van der Waals surface area contributed by atoms with E-state index in [1.165, 1.54) is 42.6 Å². The second kappa shape index (κ2) is 8.23. The Morgan fingerprint density at radius 3 is 2.19 bits per heavy atom. The van der Waals surface area contributed by atoms with Gasteiger partial charge in [-0.05, 0) is 54.6 Å². The lowest BCUT2D eigenvalue weighted by Crippen LogP contribution is -2.57. The van der Waals surface area contributed by atoms with Gasteiger partial charge in [0.25, 0.3) is 11.6 Å².